The van der Waals surface area contributed by atoms with Crippen LogP contribution in [0.1, 0.15) is 31.2 Å². The SMILES string of the molecule is CC(C)c1nc2cccc(Cl)n2c1C#N. The highest BCUT2D eigenvalue weighted by atomic mass is 35.5. The Hall–Kier alpha value is -1.53. The standard InChI is InChI=1S/C11H10ClN3/c1-7(2)11-8(6-13)15-9(12)4-3-5-10(15)14-11/h3-5,7H,1-2H3. The first-order valence-corrected chi connectivity index (χ1v) is 5.10. The maximum absolute atomic E-state index is 9.11. The summed E-state index contributed by atoms with van der Waals surface area (Å²) in [4.78, 5) is 4.40. The number of hydrogen-bond donors (Lipinski definition) is 0. The van der Waals surface area contributed by atoms with Crippen molar-refractivity contribution in [1.82, 2.24) is 9.38 Å². The van der Waals surface area contributed by atoms with E-state index in [1.165, 1.54) is 0 Å². The van der Waals surface area contributed by atoms with Gasteiger partial charge in [0.05, 0.1) is 5.69 Å². The lowest BCUT2D eigenvalue weighted by Crippen LogP contribution is -1.94. The molecule has 4 heteroatoms. The molecule has 2 rings (SSSR count). The van der Waals surface area contributed by atoms with E-state index < -0.39 is 0 Å². The fraction of sp³-hybridized carbons (Fsp3) is 0.273. The average molecular weight is 220 g/mol. The van der Waals surface area contributed by atoms with Crippen LogP contribution in [0.25, 0.3) is 5.65 Å². The van der Waals surface area contributed by atoms with Crippen LogP contribution in [0.5, 0.6) is 0 Å². The quantitative estimate of drug-likeness (QED) is 0.692. The molecule has 0 aromatic carbocycles. The summed E-state index contributed by atoms with van der Waals surface area (Å²) in [5, 5.41) is 9.63. The van der Waals surface area contributed by atoms with Crippen LogP contribution in [0.3, 0.4) is 0 Å². The van der Waals surface area contributed by atoms with E-state index in [-0.39, 0.29) is 5.92 Å². The molecule has 0 atom stereocenters. The summed E-state index contributed by atoms with van der Waals surface area (Å²) in [6.07, 6.45) is 0. The van der Waals surface area contributed by atoms with E-state index in [0.717, 1.165) is 11.3 Å². The second-order valence-electron chi connectivity index (χ2n) is 3.65. The van der Waals surface area contributed by atoms with E-state index in [0.29, 0.717) is 10.8 Å². The van der Waals surface area contributed by atoms with Gasteiger partial charge in [0.25, 0.3) is 0 Å². The molecular weight excluding hydrogens is 210 g/mol. The van der Waals surface area contributed by atoms with Crippen LogP contribution in [0.15, 0.2) is 18.2 Å². The summed E-state index contributed by atoms with van der Waals surface area (Å²) in [7, 11) is 0. The van der Waals surface area contributed by atoms with Crippen molar-refractivity contribution < 1.29 is 0 Å². The minimum atomic E-state index is 0.218. The third-order valence-electron chi connectivity index (χ3n) is 2.28. The molecular formula is C11H10ClN3. The van der Waals surface area contributed by atoms with Gasteiger partial charge < -0.3 is 0 Å². The van der Waals surface area contributed by atoms with Crippen molar-refractivity contribution in [2.24, 2.45) is 0 Å². The zero-order valence-electron chi connectivity index (χ0n) is 8.53. The van der Waals surface area contributed by atoms with Crippen molar-refractivity contribution in [3.63, 3.8) is 0 Å². The second-order valence-corrected chi connectivity index (χ2v) is 4.04. The van der Waals surface area contributed by atoms with Crippen molar-refractivity contribution in [2.75, 3.05) is 0 Å². The Labute approximate surface area is 92.9 Å². The molecule has 2 heterocycles. The maximum Gasteiger partial charge on any atom is 0.149 e. The fourth-order valence-corrected chi connectivity index (χ4v) is 1.83. The van der Waals surface area contributed by atoms with Gasteiger partial charge in [-0.3, -0.25) is 4.40 Å². The minimum Gasteiger partial charge on any atom is -0.274 e. The van der Waals surface area contributed by atoms with E-state index >= 15 is 0 Å². The van der Waals surface area contributed by atoms with Gasteiger partial charge in [0, 0.05) is 0 Å². The summed E-state index contributed by atoms with van der Waals surface area (Å²) in [5.41, 5.74) is 2.05. The van der Waals surface area contributed by atoms with Crippen molar-refractivity contribution >= 4 is 17.2 Å². The molecule has 0 saturated carbocycles. The molecule has 0 unspecified atom stereocenters. The molecule has 15 heavy (non-hydrogen) atoms. The predicted molar refractivity (Wildman–Crippen MR) is 59.0 cm³/mol. The van der Waals surface area contributed by atoms with E-state index in [9.17, 15) is 0 Å². The van der Waals surface area contributed by atoms with Gasteiger partial charge in [-0.05, 0) is 18.1 Å². The summed E-state index contributed by atoms with van der Waals surface area (Å²) in [6.45, 7) is 4.02. The normalized spacial score (nSPS) is 10.9. The minimum absolute atomic E-state index is 0.218. The van der Waals surface area contributed by atoms with Gasteiger partial charge in [-0.1, -0.05) is 31.5 Å². The van der Waals surface area contributed by atoms with Crippen LogP contribution in [0, 0.1) is 11.3 Å². The highest BCUT2D eigenvalue weighted by Gasteiger charge is 2.15. The Bertz CT molecular complexity index is 549. The van der Waals surface area contributed by atoms with Gasteiger partial charge in [0.1, 0.15) is 22.6 Å². The molecule has 76 valence electrons. The van der Waals surface area contributed by atoms with Gasteiger partial charge >= 0.3 is 0 Å². The van der Waals surface area contributed by atoms with Crippen molar-refractivity contribution in [3.05, 3.63) is 34.7 Å². The molecule has 0 spiro atoms. The largest absolute Gasteiger partial charge is 0.274 e. The molecule has 3 nitrogen and oxygen atoms in total. The number of halogens is 1. The zero-order valence-corrected chi connectivity index (χ0v) is 9.28. The summed E-state index contributed by atoms with van der Waals surface area (Å²) >= 11 is 6.03. The first-order valence-electron chi connectivity index (χ1n) is 4.72. The van der Waals surface area contributed by atoms with Gasteiger partial charge in [-0.25, -0.2) is 4.98 Å². The van der Waals surface area contributed by atoms with Crippen molar-refractivity contribution in [1.29, 1.82) is 5.26 Å². The van der Waals surface area contributed by atoms with E-state index in [4.69, 9.17) is 16.9 Å². The fourth-order valence-electron chi connectivity index (χ4n) is 1.58. The molecule has 0 saturated heterocycles. The molecule has 0 N–H and O–H groups in total. The summed E-state index contributed by atoms with van der Waals surface area (Å²) in [5.74, 6) is 0.218. The van der Waals surface area contributed by atoms with Crippen LogP contribution in [-0.4, -0.2) is 9.38 Å². The average Bonchev–Trinajstić information content (AvgIpc) is 2.57. The first kappa shape index (κ1) is 10.0. The number of nitrogens with zero attached hydrogens (tertiary/aromatic N) is 3. The first-order chi connectivity index (χ1) is 7.15. The smallest absolute Gasteiger partial charge is 0.149 e. The number of aromatic nitrogens is 2. The van der Waals surface area contributed by atoms with E-state index in [2.05, 4.69) is 11.1 Å². The summed E-state index contributed by atoms with van der Waals surface area (Å²) in [6, 6.07) is 7.58. The molecule has 0 aliphatic heterocycles. The Balaban J connectivity index is 2.88. The zero-order chi connectivity index (χ0) is 11.0. The molecule has 2 aromatic heterocycles. The van der Waals surface area contributed by atoms with Crippen LogP contribution >= 0.6 is 11.6 Å². The lowest BCUT2D eigenvalue weighted by molar-refractivity contribution is 0.829. The van der Waals surface area contributed by atoms with Gasteiger partial charge in [0.2, 0.25) is 0 Å². The van der Waals surface area contributed by atoms with E-state index in [1.807, 2.05) is 26.0 Å². The third-order valence-corrected chi connectivity index (χ3v) is 2.57. The molecule has 2 aromatic rings. The molecule has 0 amide bonds. The van der Waals surface area contributed by atoms with Crippen LogP contribution in [0.4, 0.5) is 0 Å². The number of rotatable bonds is 1. The monoisotopic (exact) mass is 219 g/mol. The molecule has 0 aliphatic rings. The Kier molecular flexibility index (Phi) is 2.37. The van der Waals surface area contributed by atoms with E-state index in [1.54, 1.807) is 10.5 Å². The van der Waals surface area contributed by atoms with Crippen molar-refractivity contribution in [2.45, 2.75) is 19.8 Å². The van der Waals surface area contributed by atoms with Crippen LogP contribution in [0.2, 0.25) is 5.15 Å². The number of fused-ring (bicyclic) bond motifs is 1. The second kappa shape index (κ2) is 3.56. The predicted octanol–water partition coefficient (Wildman–Crippen LogP) is 2.98. The number of nitriles is 1. The van der Waals surface area contributed by atoms with Crippen molar-refractivity contribution in [3.8, 4) is 6.07 Å². The van der Waals surface area contributed by atoms with Gasteiger partial charge in [-0.15, -0.1) is 0 Å². The topological polar surface area (TPSA) is 41.1 Å². The number of hydrogen-bond acceptors (Lipinski definition) is 2. The highest BCUT2D eigenvalue weighted by Crippen LogP contribution is 2.23. The lowest BCUT2D eigenvalue weighted by Gasteiger charge is -2.00. The number of pyridine rings is 1. The highest BCUT2D eigenvalue weighted by molar-refractivity contribution is 6.29. The molecule has 0 radical (unpaired) electrons. The third kappa shape index (κ3) is 1.47. The van der Waals surface area contributed by atoms with Crippen LogP contribution < -0.4 is 0 Å². The molecule has 0 aliphatic carbocycles. The molecule has 0 fully saturated rings. The number of imidazole rings is 1. The van der Waals surface area contributed by atoms with Gasteiger partial charge in [0.15, 0.2) is 0 Å². The Morgan fingerprint density at radius 1 is 1.47 bits per heavy atom. The maximum atomic E-state index is 9.11. The summed E-state index contributed by atoms with van der Waals surface area (Å²) < 4.78 is 1.68. The van der Waals surface area contributed by atoms with Gasteiger partial charge in [-0.2, -0.15) is 5.26 Å². The Morgan fingerprint density at radius 2 is 2.20 bits per heavy atom. The lowest BCUT2D eigenvalue weighted by atomic mass is 10.1. The van der Waals surface area contributed by atoms with Crippen LogP contribution in [-0.2, 0) is 0 Å². The Morgan fingerprint density at radius 3 is 2.80 bits per heavy atom. The molecule has 0 bridgehead atoms.